The summed E-state index contributed by atoms with van der Waals surface area (Å²) in [4.78, 5) is 26.3. The van der Waals surface area contributed by atoms with E-state index in [2.05, 4.69) is 15.9 Å². The number of carboxylic acid groups (broad SMARTS) is 1. The van der Waals surface area contributed by atoms with Gasteiger partial charge in [-0.2, -0.15) is 0 Å². The molecule has 0 fully saturated rings. The Kier molecular flexibility index (Phi) is 5.98. The van der Waals surface area contributed by atoms with Crippen molar-refractivity contribution in [2.75, 3.05) is 33.7 Å². The Morgan fingerprint density at radius 1 is 1.16 bits per heavy atom. The lowest BCUT2D eigenvalue weighted by molar-refractivity contribution is -0.137. The van der Waals surface area contributed by atoms with Crippen molar-refractivity contribution in [3.8, 4) is 0 Å². The van der Waals surface area contributed by atoms with E-state index in [9.17, 15) is 9.59 Å². The average molecular weight is 329 g/mol. The highest BCUT2D eigenvalue weighted by Crippen LogP contribution is 2.12. The Bertz CT molecular complexity index is 446. The molecule has 0 bridgehead atoms. The first kappa shape index (κ1) is 15.7. The summed E-state index contributed by atoms with van der Waals surface area (Å²) >= 11 is 3.30. The molecule has 6 heteroatoms. The number of rotatable bonds is 6. The topological polar surface area (TPSA) is 60.9 Å². The minimum absolute atomic E-state index is 0.267. The highest BCUT2D eigenvalue weighted by molar-refractivity contribution is 9.10. The van der Waals surface area contributed by atoms with E-state index < -0.39 is 5.97 Å². The molecule has 19 heavy (non-hydrogen) atoms. The molecule has 1 N–H and O–H groups in total. The molecule has 1 rings (SSSR count). The van der Waals surface area contributed by atoms with Gasteiger partial charge in [0.05, 0.1) is 0 Å². The number of carbonyl (C=O) groups is 2. The van der Waals surface area contributed by atoms with Crippen molar-refractivity contribution >= 4 is 27.8 Å². The number of carbonyl (C=O) groups excluding carboxylic acids is 1. The van der Waals surface area contributed by atoms with E-state index in [0.29, 0.717) is 18.7 Å². The first-order valence-electron chi connectivity index (χ1n) is 5.81. The summed E-state index contributed by atoms with van der Waals surface area (Å²) in [7, 11) is 3.76. The molecule has 1 amide bonds. The number of hydrogen-bond donors (Lipinski definition) is 1. The highest BCUT2D eigenvalue weighted by Gasteiger charge is 2.18. The summed E-state index contributed by atoms with van der Waals surface area (Å²) < 4.78 is 0.877. The predicted octanol–water partition coefficient (Wildman–Crippen LogP) is 1.54. The zero-order chi connectivity index (χ0) is 14.4. The third-order valence-corrected chi connectivity index (χ3v) is 3.05. The molecule has 1 aromatic rings. The fourth-order valence-corrected chi connectivity index (χ4v) is 1.78. The molecule has 0 spiro atoms. The fraction of sp³-hybridized carbons (Fsp3) is 0.385. The molecule has 0 saturated carbocycles. The molecule has 0 aromatic heterocycles. The number of likely N-dealkylation sites (N-methyl/N-ethyl adjacent to an activating group) is 1. The number of amides is 1. The highest BCUT2D eigenvalue weighted by atomic mass is 79.9. The average Bonchev–Trinajstić information content (AvgIpc) is 2.34. The van der Waals surface area contributed by atoms with Crippen LogP contribution in [0.1, 0.15) is 10.4 Å². The quantitative estimate of drug-likeness (QED) is 0.860. The van der Waals surface area contributed by atoms with Gasteiger partial charge < -0.3 is 14.9 Å². The van der Waals surface area contributed by atoms with Gasteiger partial charge in [0.1, 0.15) is 6.54 Å². The van der Waals surface area contributed by atoms with E-state index >= 15 is 0 Å². The van der Waals surface area contributed by atoms with Crippen LogP contribution in [0, 0.1) is 0 Å². The molecule has 0 radical (unpaired) electrons. The summed E-state index contributed by atoms with van der Waals surface area (Å²) in [6.45, 7) is 0.715. The summed E-state index contributed by atoms with van der Waals surface area (Å²) in [6, 6.07) is 6.88. The third-order valence-electron chi connectivity index (χ3n) is 2.52. The summed E-state index contributed by atoms with van der Waals surface area (Å²) in [5.41, 5.74) is 0.489. The summed E-state index contributed by atoms with van der Waals surface area (Å²) in [5.74, 6) is -1.28. The minimum atomic E-state index is -1.01. The van der Waals surface area contributed by atoms with Crippen LogP contribution in [0.2, 0.25) is 0 Å². The molecule has 0 aliphatic heterocycles. The number of carboxylic acids is 1. The lowest BCUT2D eigenvalue weighted by Gasteiger charge is -2.22. The number of hydrogen-bond acceptors (Lipinski definition) is 3. The van der Waals surface area contributed by atoms with Crippen LogP contribution in [0.5, 0.6) is 0 Å². The third kappa shape index (κ3) is 5.40. The number of aliphatic carboxylic acids is 1. The second-order valence-electron chi connectivity index (χ2n) is 4.43. The van der Waals surface area contributed by atoms with Crippen LogP contribution < -0.4 is 0 Å². The van der Waals surface area contributed by atoms with Crippen molar-refractivity contribution in [1.82, 2.24) is 9.80 Å². The maximum absolute atomic E-state index is 12.2. The zero-order valence-corrected chi connectivity index (χ0v) is 12.6. The van der Waals surface area contributed by atoms with Gasteiger partial charge in [0.25, 0.3) is 5.91 Å². The van der Waals surface area contributed by atoms with Crippen LogP contribution in [0.15, 0.2) is 28.7 Å². The lowest BCUT2D eigenvalue weighted by atomic mass is 10.2. The van der Waals surface area contributed by atoms with Crippen molar-refractivity contribution < 1.29 is 14.7 Å². The molecule has 0 aliphatic rings. The first-order chi connectivity index (χ1) is 8.90. The van der Waals surface area contributed by atoms with Crippen molar-refractivity contribution in [3.05, 3.63) is 34.3 Å². The second kappa shape index (κ2) is 7.25. The van der Waals surface area contributed by atoms with Crippen molar-refractivity contribution in [3.63, 3.8) is 0 Å². The van der Waals surface area contributed by atoms with E-state index in [1.165, 1.54) is 4.90 Å². The van der Waals surface area contributed by atoms with Gasteiger partial charge in [-0.3, -0.25) is 9.59 Å². The Morgan fingerprint density at radius 3 is 2.21 bits per heavy atom. The van der Waals surface area contributed by atoms with Crippen LogP contribution >= 0.6 is 15.9 Å². The zero-order valence-electron chi connectivity index (χ0n) is 11.0. The number of halogens is 1. The normalized spacial score (nSPS) is 10.5. The molecular formula is C13H17BrN2O3. The van der Waals surface area contributed by atoms with Crippen molar-refractivity contribution in [2.45, 2.75) is 0 Å². The van der Waals surface area contributed by atoms with Crippen molar-refractivity contribution in [2.24, 2.45) is 0 Å². The first-order valence-corrected chi connectivity index (χ1v) is 6.61. The molecule has 0 saturated heterocycles. The van der Waals surface area contributed by atoms with Crippen molar-refractivity contribution in [1.29, 1.82) is 0 Å². The van der Waals surface area contributed by atoms with Gasteiger partial charge >= 0.3 is 5.97 Å². The maximum atomic E-state index is 12.2. The Balaban J connectivity index is 2.80. The van der Waals surface area contributed by atoms with Crippen LogP contribution in [0.4, 0.5) is 0 Å². The van der Waals surface area contributed by atoms with Gasteiger partial charge in [-0.15, -0.1) is 0 Å². The summed E-state index contributed by atoms with van der Waals surface area (Å²) in [6.07, 6.45) is 0. The van der Waals surface area contributed by atoms with Crippen LogP contribution in [-0.4, -0.2) is 60.5 Å². The van der Waals surface area contributed by atoms with Gasteiger partial charge in [-0.05, 0) is 38.4 Å². The molecule has 1 aromatic carbocycles. The molecule has 0 aliphatic carbocycles. The molecule has 104 valence electrons. The maximum Gasteiger partial charge on any atom is 0.323 e. The van der Waals surface area contributed by atoms with Gasteiger partial charge in [-0.1, -0.05) is 15.9 Å². The minimum Gasteiger partial charge on any atom is -0.480 e. The lowest BCUT2D eigenvalue weighted by Crippen LogP contribution is -2.40. The molecule has 0 unspecified atom stereocenters. The van der Waals surface area contributed by atoms with Crippen LogP contribution in [0.3, 0.4) is 0 Å². The predicted molar refractivity (Wildman–Crippen MR) is 76.2 cm³/mol. The monoisotopic (exact) mass is 328 g/mol. The van der Waals surface area contributed by atoms with Crippen LogP contribution in [0.25, 0.3) is 0 Å². The number of benzene rings is 1. The van der Waals surface area contributed by atoms with E-state index in [-0.39, 0.29) is 12.5 Å². The SMILES string of the molecule is CN(C)CCN(CC(=O)O)C(=O)c1ccc(Br)cc1. The Labute approximate surface area is 120 Å². The van der Waals surface area contributed by atoms with E-state index in [4.69, 9.17) is 5.11 Å². The van der Waals surface area contributed by atoms with Gasteiger partial charge in [-0.25, -0.2) is 0 Å². The Hall–Kier alpha value is -1.40. The van der Waals surface area contributed by atoms with Gasteiger partial charge in [0, 0.05) is 23.1 Å². The summed E-state index contributed by atoms with van der Waals surface area (Å²) in [5, 5.41) is 8.87. The Morgan fingerprint density at radius 2 is 1.74 bits per heavy atom. The molecular weight excluding hydrogens is 312 g/mol. The second-order valence-corrected chi connectivity index (χ2v) is 5.35. The van der Waals surface area contributed by atoms with Crippen LogP contribution in [-0.2, 0) is 4.79 Å². The molecule has 0 heterocycles. The van der Waals surface area contributed by atoms with E-state index in [0.717, 1.165) is 4.47 Å². The van der Waals surface area contributed by atoms with Gasteiger partial charge in [0.15, 0.2) is 0 Å². The molecule has 0 atom stereocenters. The van der Waals surface area contributed by atoms with E-state index in [1.807, 2.05) is 19.0 Å². The largest absolute Gasteiger partial charge is 0.480 e. The smallest absolute Gasteiger partial charge is 0.323 e. The fourth-order valence-electron chi connectivity index (χ4n) is 1.51. The van der Waals surface area contributed by atoms with Gasteiger partial charge in [0.2, 0.25) is 0 Å². The molecule has 5 nitrogen and oxygen atoms in total. The standard InChI is InChI=1S/C13H17BrN2O3/c1-15(2)7-8-16(9-12(17)18)13(19)10-3-5-11(14)6-4-10/h3-6H,7-9H2,1-2H3,(H,17,18). The number of nitrogens with zero attached hydrogens (tertiary/aromatic N) is 2. The van der Waals surface area contributed by atoms with E-state index in [1.54, 1.807) is 24.3 Å².